The van der Waals surface area contributed by atoms with Crippen molar-refractivity contribution in [3.8, 4) is 11.1 Å². The van der Waals surface area contributed by atoms with E-state index in [1.165, 1.54) is 140 Å². The molecule has 11 rings (SSSR count). The second-order valence-corrected chi connectivity index (χ2v) is 29.6. The zero-order valence-corrected chi connectivity index (χ0v) is 48.3. The van der Waals surface area contributed by atoms with Gasteiger partial charge in [0.2, 0.25) is 0 Å². The summed E-state index contributed by atoms with van der Waals surface area (Å²) in [7, 11) is 0. The molecule has 4 heteroatoms. The monoisotopic (exact) mass is 969 g/mol. The number of fused-ring (bicyclic) bond motifs is 9. The first-order valence-corrected chi connectivity index (χ1v) is 28.1. The predicted octanol–water partition coefficient (Wildman–Crippen LogP) is 17.9. The van der Waals surface area contributed by atoms with Crippen LogP contribution in [0.25, 0.3) is 21.2 Å². The Labute approximate surface area is 438 Å². The number of benzene rings is 6. The molecule has 2 nitrogen and oxygen atoms in total. The number of nitrogens with zero attached hydrogens (tertiary/aromatic N) is 2. The molecule has 0 radical (unpaired) electrons. The molecule has 0 spiro atoms. The fourth-order valence-corrected chi connectivity index (χ4v) is 14.7. The molecule has 6 aromatic carbocycles. The van der Waals surface area contributed by atoms with Crippen molar-refractivity contribution in [2.24, 2.45) is 0 Å². The van der Waals surface area contributed by atoms with Gasteiger partial charge < -0.3 is 9.80 Å². The van der Waals surface area contributed by atoms with Crippen molar-refractivity contribution in [2.45, 2.75) is 195 Å². The maximum absolute atomic E-state index is 2.77. The van der Waals surface area contributed by atoms with Crippen LogP contribution in [0.4, 0.5) is 33.4 Å². The molecular weight excluding hydrogens is 888 g/mol. The van der Waals surface area contributed by atoms with Crippen LogP contribution in [0.15, 0.2) is 97.1 Å². The van der Waals surface area contributed by atoms with Crippen LogP contribution in [0.5, 0.6) is 0 Å². The molecule has 3 heterocycles. The zero-order chi connectivity index (χ0) is 51.8. The van der Waals surface area contributed by atoms with Crippen LogP contribution in [0, 0.1) is 13.8 Å². The number of aryl methyl sites for hydroxylation is 2. The molecule has 0 fully saturated rings. The van der Waals surface area contributed by atoms with Gasteiger partial charge >= 0.3 is 0 Å². The molecule has 72 heavy (non-hydrogen) atoms. The van der Waals surface area contributed by atoms with Crippen LogP contribution in [0.3, 0.4) is 0 Å². The zero-order valence-electron chi connectivity index (χ0n) is 47.4. The molecule has 0 saturated heterocycles. The van der Waals surface area contributed by atoms with Crippen molar-refractivity contribution < 1.29 is 0 Å². The van der Waals surface area contributed by atoms with Crippen LogP contribution < -0.4 is 26.2 Å². The Kier molecular flexibility index (Phi) is 10.7. The van der Waals surface area contributed by atoms with Gasteiger partial charge in [-0.05, 0) is 191 Å². The third-order valence-corrected chi connectivity index (χ3v) is 19.4. The van der Waals surface area contributed by atoms with Gasteiger partial charge in [-0.2, -0.15) is 0 Å². The van der Waals surface area contributed by atoms with Crippen molar-refractivity contribution in [1.29, 1.82) is 0 Å². The molecule has 0 atom stereocenters. The van der Waals surface area contributed by atoms with Gasteiger partial charge in [-0.3, -0.25) is 0 Å². The Hall–Kier alpha value is -5.06. The van der Waals surface area contributed by atoms with Crippen molar-refractivity contribution in [3.63, 3.8) is 0 Å². The third kappa shape index (κ3) is 7.52. The highest BCUT2D eigenvalue weighted by molar-refractivity contribution is 7.26. The summed E-state index contributed by atoms with van der Waals surface area (Å²) in [6, 6.07) is 39.9. The topological polar surface area (TPSA) is 6.48 Å². The molecule has 2 aliphatic heterocycles. The number of anilines is 6. The van der Waals surface area contributed by atoms with E-state index in [-0.39, 0.29) is 44.6 Å². The molecular formula is C68H81BN2S. The van der Waals surface area contributed by atoms with Gasteiger partial charge in [0.05, 0.1) is 10.7 Å². The highest BCUT2D eigenvalue weighted by Crippen LogP contribution is 2.57. The lowest BCUT2D eigenvalue weighted by Gasteiger charge is -2.49. The number of rotatable bonds is 3. The van der Waals surface area contributed by atoms with E-state index < -0.39 is 0 Å². The first-order valence-electron chi connectivity index (χ1n) is 27.3. The highest BCUT2D eigenvalue weighted by Gasteiger charge is 2.50. The second-order valence-electron chi connectivity index (χ2n) is 28.6. The van der Waals surface area contributed by atoms with Gasteiger partial charge in [0.25, 0.3) is 6.71 Å². The molecule has 0 bridgehead atoms. The second kappa shape index (κ2) is 15.7. The molecule has 0 unspecified atom stereocenters. The van der Waals surface area contributed by atoms with E-state index >= 15 is 0 Å². The van der Waals surface area contributed by atoms with Crippen molar-refractivity contribution in [2.75, 3.05) is 9.80 Å². The van der Waals surface area contributed by atoms with Crippen molar-refractivity contribution >= 4 is 78.0 Å². The van der Waals surface area contributed by atoms with E-state index in [9.17, 15) is 0 Å². The highest BCUT2D eigenvalue weighted by atomic mass is 32.1. The minimum Gasteiger partial charge on any atom is -0.311 e. The molecule has 0 saturated carbocycles. The maximum Gasteiger partial charge on any atom is 0.254 e. The summed E-state index contributed by atoms with van der Waals surface area (Å²) in [5, 5.41) is 2.74. The number of thiophene rings is 1. The molecule has 372 valence electrons. The molecule has 7 aromatic rings. The summed E-state index contributed by atoms with van der Waals surface area (Å²) < 4.78 is 1.36. The van der Waals surface area contributed by atoms with Crippen molar-refractivity contribution in [3.05, 3.63) is 147 Å². The first kappa shape index (κ1) is 49.2. The van der Waals surface area contributed by atoms with E-state index in [0.29, 0.717) is 0 Å². The van der Waals surface area contributed by atoms with Gasteiger partial charge in [-0.1, -0.05) is 178 Å². The normalized spacial score (nSPS) is 18.3. The Morgan fingerprint density at radius 2 is 1.04 bits per heavy atom. The molecule has 0 N–H and O–H groups in total. The molecule has 4 aliphatic rings. The van der Waals surface area contributed by atoms with E-state index in [0.717, 1.165) is 6.42 Å². The summed E-state index contributed by atoms with van der Waals surface area (Å²) in [4.78, 5) is 5.50. The number of hydrogen-bond acceptors (Lipinski definition) is 3. The summed E-state index contributed by atoms with van der Waals surface area (Å²) in [5.41, 5.74) is 26.5. The lowest BCUT2D eigenvalue weighted by molar-refractivity contribution is 0.332. The van der Waals surface area contributed by atoms with E-state index in [1.807, 2.05) is 11.3 Å². The quantitative estimate of drug-likeness (QED) is 0.163. The standard InChI is InChI=1S/C68H81BN2S/c1-40-34-53-58-54(35-40)71(59-41(2)36-45(64(9,10)11)39-47(59)42-20-26-49-51(37-42)67(16,17)31-30-65(49,12)13)61-57(48-38-44(63(6,7)8)23-29-55(48)72-61)69(58)52-28-27-50-56(68(18,19)33-32-66(50,14)15)60(52)70(53)46-24-21-43(22-25-46)62(3,4)5/h20-29,34-39H,30-33H2,1-19H3. The van der Waals surface area contributed by atoms with Gasteiger partial charge in [0.15, 0.2) is 0 Å². The van der Waals surface area contributed by atoms with Crippen LogP contribution in [0.2, 0.25) is 0 Å². The van der Waals surface area contributed by atoms with Crippen molar-refractivity contribution in [1.82, 2.24) is 0 Å². The van der Waals surface area contributed by atoms with E-state index in [4.69, 9.17) is 0 Å². The van der Waals surface area contributed by atoms with Gasteiger partial charge in [0.1, 0.15) is 0 Å². The summed E-state index contributed by atoms with van der Waals surface area (Å²) in [6.45, 7) is 45.9. The average molecular weight is 969 g/mol. The van der Waals surface area contributed by atoms with Gasteiger partial charge in [-0.15, -0.1) is 11.3 Å². The fraction of sp³-hybridized carbons (Fsp3) is 0.441. The predicted molar refractivity (Wildman–Crippen MR) is 317 cm³/mol. The lowest BCUT2D eigenvalue weighted by Crippen LogP contribution is -2.62. The van der Waals surface area contributed by atoms with Crippen LogP contribution in [-0.4, -0.2) is 6.71 Å². The third-order valence-electron chi connectivity index (χ3n) is 18.2. The summed E-state index contributed by atoms with van der Waals surface area (Å²) >= 11 is 2.00. The fourth-order valence-electron chi connectivity index (χ4n) is 13.4. The molecule has 1 aromatic heterocycles. The Balaban J connectivity index is 1.29. The minimum absolute atomic E-state index is 0.00591. The molecule has 2 aliphatic carbocycles. The minimum atomic E-state index is -0.0383. The SMILES string of the molecule is Cc1cc2c3c(c1)N(c1c(C)cc(C(C)(C)C)cc1-c1ccc4c(c1)C(C)(C)CCC4(C)C)c1sc4ccc(C(C)(C)C)cc4c1B3c1ccc3c(c1N2c1ccc(C(C)(C)C)cc1)C(C)(C)CCC3(C)C. The van der Waals surface area contributed by atoms with E-state index in [2.05, 4.69) is 238 Å². The summed E-state index contributed by atoms with van der Waals surface area (Å²) in [6.07, 6.45) is 4.71. The Bertz CT molecular complexity index is 3390. The van der Waals surface area contributed by atoms with Crippen LogP contribution in [-0.2, 0) is 37.9 Å². The molecule has 0 amide bonds. The maximum atomic E-state index is 2.77. The summed E-state index contributed by atoms with van der Waals surface area (Å²) in [5.74, 6) is 0. The first-order chi connectivity index (χ1) is 33.4. The van der Waals surface area contributed by atoms with Gasteiger partial charge in [-0.25, -0.2) is 0 Å². The van der Waals surface area contributed by atoms with E-state index in [1.54, 1.807) is 0 Å². The smallest absolute Gasteiger partial charge is 0.254 e. The Morgan fingerprint density at radius 3 is 1.67 bits per heavy atom. The van der Waals surface area contributed by atoms with Crippen LogP contribution in [0.1, 0.15) is 193 Å². The van der Waals surface area contributed by atoms with Gasteiger partial charge in [0, 0.05) is 33.0 Å². The van der Waals surface area contributed by atoms with Crippen LogP contribution >= 0.6 is 11.3 Å². The largest absolute Gasteiger partial charge is 0.311 e. The average Bonchev–Trinajstić information content (AvgIpc) is 3.67. The number of hydrogen-bond donors (Lipinski definition) is 0. The Morgan fingerprint density at radius 1 is 0.486 bits per heavy atom. The lowest BCUT2D eigenvalue weighted by atomic mass is 9.33.